The number of ether oxygens (including phenoxy) is 1. The minimum absolute atomic E-state index is 0.233. The van der Waals surface area contributed by atoms with Crippen molar-refractivity contribution in [2.75, 3.05) is 12.4 Å². The van der Waals surface area contributed by atoms with Crippen molar-refractivity contribution < 1.29 is 4.74 Å². The van der Waals surface area contributed by atoms with Gasteiger partial charge in [0.15, 0.2) is 0 Å². The smallest absolute Gasteiger partial charge is 0.110 e. The molecule has 0 N–H and O–H groups in total. The van der Waals surface area contributed by atoms with Crippen LogP contribution in [-0.4, -0.2) is 28.0 Å². The van der Waals surface area contributed by atoms with Crippen LogP contribution in [0.4, 0.5) is 0 Å². The van der Waals surface area contributed by atoms with E-state index in [2.05, 4.69) is 50.5 Å². The second-order valence-corrected chi connectivity index (χ2v) is 8.93. The molecule has 4 heteroatoms. The molecule has 2 aromatic rings. The van der Waals surface area contributed by atoms with E-state index in [9.17, 15) is 0 Å². The summed E-state index contributed by atoms with van der Waals surface area (Å²) in [5, 5.41) is 0. The number of aromatic nitrogens is 2. The van der Waals surface area contributed by atoms with Crippen LogP contribution in [0.3, 0.4) is 0 Å². The molecule has 1 unspecified atom stereocenters. The molecular formula is C19H28N2OS. The van der Waals surface area contributed by atoms with E-state index in [0.29, 0.717) is 6.10 Å². The minimum Gasteiger partial charge on any atom is -0.376 e. The fourth-order valence-corrected chi connectivity index (χ4v) is 3.91. The van der Waals surface area contributed by atoms with E-state index in [4.69, 9.17) is 9.72 Å². The normalized spacial score (nSPS) is 18.9. The molecule has 1 aromatic carbocycles. The van der Waals surface area contributed by atoms with Gasteiger partial charge >= 0.3 is 0 Å². The molecule has 126 valence electrons. The zero-order valence-corrected chi connectivity index (χ0v) is 15.6. The Kier molecular flexibility index (Phi) is 5.02. The van der Waals surface area contributed by atoms with Crippen LogP contribution in [-0.2, 0) is 17.7 Å². The summed E-state index contributed by atoms with van der Waals surface area (Å²) in [5.41, 5.74) is 2.61. The van der Waals surface area contributed by atoms with Gasteiger partial charge in [-0.1, -0.05) is 27.7 Å². The first kappa shape index (κ1) is 16.8. The largest absolute Gasteiger partial charge is 0.376 e. The number of imidazole rings is 1. The first-order valence-corrected chi connectivity index (χ1v) is 9.68. The Morgan fingerprint density at radius 2 is 2.17 bits per heavy atom. The van der Waals surface area contributed by atoms with E-state index >= 15 is 0 Å². The zero-order valence-electron chi connectivity index (χ0n) is 14.8. The monoisotopic (exact) mass is 332 g/mol. The van der Waals surface area contributed by atoms with Gasteiger partial charge in [0.2, 0.25) is 0 Å². The number of rotatable bonds is 5. The Morgan fingerprint density at radius 3 is 2.83 bits per heavy atom. The van der Waals surface area contributed by atoms with Crippen molar-refractivity contribution in [2.24, 2.45) is 5.41 Å². The number of thioether (sulfide) groups is 1. The average molecular weight is 333 g/mol. The third-order valence-corrected chi connectivity index (χ3v) is 5.08. The molecule has 0 radical (unpaired) electrons. The molecule has 0 spiro atoms. The molecule has 1 aromatic heterocycles. The van der Waals surface area contributed by atoms with E-state index < -0.39 is 0 Å². The Labute approximate surface area is 143 Å². The van der Waals surface area contributed by atoms with Crippen molar-refractivity contribution >= 4 is 22.8 Å². The standard InChI is InChI=1S/C19H28N2OS/c1-5-23-15-8-9-17-16(11-15)20-18(12-19(2,3)4)21(17)13-14-7-6-10-22-14/h8-9,11,14H,5-7,10,12-13H2,1-4H3. The lowest BCUT2D eigenvalue weighted by atomic mass is 9.92. The van der Waals surface area contributed by atoms with Gasteiger partial charge in [0.05, 0.1) is 23.7 Å². The third kappa shape index (κ3) is 4.10. The summed E-state index contributed by atoms with van der Waals surface area (Å²) in [5.74, 6) is 2.29. The van der Waals surface area contributed by atoms with Crippen LogP contribution in [0.5, 0.6) is 0 Å². The Morgan fingerprint density at radius 1 is 1.35 bits per heavy atom. The summed E-state index contributed by atoms with van der Waals surface area (Å²) in [6.45, 7) is 10.9. The van der Waals surface area contributed by atoms with Crippen LogP contribution >= 0.6 is 11.8 Å². The van der Waals surface area contributed by atoms with E-state index in [1.165, 1.54) is 29.1 Å². The molecule has 1 saturated heterocycles. The number of hydrogen-bond acceptors (Lipinski definition) is 3. The van der Waals surface area contributed by atoms with Crippen molar-refractivity contribution in [3.8, 4) is 0 Å². The highest BCUT2D eigenvalue weighted by molar-refractivity contribution is 7.99. The van der Waals surface area contributed by atoms with Gasteiger partial charge < -0.3 is 9.30 Å². The first-order chi connectivity index (χ1) is 11.0. The van der Waals surface area contributed by atoms with Gasteiger partial charge in [-0.2, -0.15) is 0 Å². The first-order valence-electron chi connectivity index (χ1n) is 8.70. The van der Waals surface area contributed by atoms with Crippen LogP contribution in [0, 0.1) is 5.41 Å². The summed E-state index contributed by atoms with van der Waals surface area (Å²) >= 11 is 1.88. The predicted octanol–water partition coefficient (Wildman–Crippen LogP) is 4.92. The summed E-state index contributed by atoms with van der Waals surface area (Å²) in [6, 6.07) is 6.70. The lowest BCUT2D eigenvalue weighted by molar-refractivity contribution is 0.0968. The number of nitrogens with zero attached hydrogens (tertiary/aromatic N) is 2. The van der Waals surface area contributed by atoms with Crippen LogP contribution in [0.2, 0.25) is 0 Å². The lowest BCUT2D eigenvalue weighted by Crippen LogP contribution is -2.20. The van der Waals surface area contributed by atoms with Crippen molar-refractivity contribution in [3.05, 3.63) is 24.0 Å². The van der Waals surface area contributed by atoms with E-state index in [0.717, 1.165) is 30.8 Å². The van der Waals surface area contributed by atoms with Crippen molar-refractivity contribution in [2.45, 2.75) is 64.5 Å². The van der Waals surface area contributed by atoms with Crippen molar-refractivity contribution in [3.63, 3.8) is 0 Å². The average Bonchev–Trinajstić information content (AvgIpc) is 3.07. The number of fused-ring (bicyclic) bond motifs is 1. The molecule has 1 aliphatic rings. The SMILES string of the molecule is CCSc1ccc2c(c1)nc(CC(C)(C)C)n2CC1CCCO1. The van der Waals surface area contributed by atoms with Crippen LogP contribution in [0.1, 0.15) is 46.4 Å². The highest BCUT2D eigenvalue weighted by atomic mass is 32.2. The van der Waals surface area contributed by atoms with Gasteiger partial charge in [-0.05, 0) is 42.2 Å². The summed E-state index contributed by atoms with van der Waals surface area (Å²) < 4.78 is 8.27. The maximum atomic E-state index is 5.87. The maximum Gasteiger partial charge on any atom is 0.110 e. The molecule has 3 rings (SSSR count). The molecule has 1 atom stereocenters. The van der Waals surface area contributed by atoms with Crippen LogP contribution in [0.25, 0.3) is 11.0 Å². The Balaban J connectivity index is 1.99. The number of benzene rings is 1. The molecule has 0 aliphatic carbocycles. The second kappa shape index (κ2) is 6.86. The van der Waals surface area contributed by atoms with Gasteiger partial charge in [-0.15, -0.1) is 11.8 Å². The zero-order chi connectivity index (χ0) is 16.4. The van der Waals surface area contributed by atoms with Crippen molar-refractivity contribution in [1.82, 2.24) is 9.55 Å². The predicted molar refractivity (Wildman–Crippen MR) is 98.3 cm³/mol. The fourth-order valence-electron chi connectivity index (χ4n) is 3.22. The molecule has 1 fully saturated rings. The molecule has 3 nitrogen and oxygen atoms in total. The topological polar surface area (TPSA) is 27.1 Å². The molecule has 0 amide bonds. The summed E-state index contributed by atoms with van der Waals surface area (Å²) in [7, 11) is 0. The molecule has 0 bridgehead atoms. The fraction of sp³-hybridized carbons (Fsp3) is 0.632. The van der Waals surface area contributed by atoms with Crippen LogP contribution in [0.15, 0.2) is 23.1 Å². The molecule has 2 heterocycles. The lowest BCUT2D eigenvalue weighted by Gasteiger charge is -2.20. The third-order valence-electron chi connectivity index (χ3n) is 4.21. The maximum absolute atomic E-state index is 5.87. The second-order valence-electron chi connectivity index (χ2n) is 7.59. The van der Waals surface area contributed by atoms with Crippen molar-refractivity contribution in [1.29, 1.82) is 0 Å². The quantitative estimate of drug-likeness (QED) is 0.728. The number of hydrogen-bond donors (Lipinski definition) is 0. The van der Waals surface area contributed by atoms with Gasteiger partial charge in [-0.3, -0.25) is 0 Å². The van der Waals surface area contributed by atoms with Gasteiger partial charge in [0.1, 0.15) is 5.82 Å². The van der Waals surface area contributed by atoms with E-state index in [1.54, 1.807) is 0 Å². The minimum atomic E-state index is 0.233. The molecular weight excluding hydrogens is 304 g/mol. The molecule has 23 heavy (non-hydrogen) atoms. The Hall–Kier alpha value is -1.00. The summed E-state index contributed by atoms with van der Waals surface area (Å²) in [4.78, 5) is 6.29. The molecule has 1 aliphatic heterocycles. The Bertz CT molecular complexity index is 666. The molecule has 0 saturated carbocycles. The van der Waals surface area contributed by atoms with Crippen LogP contribution < -0.4 is 0 Å². The summed E-state index contributed by atoms with van der Waals surface area (Å²) in [6.07, 6.45) is 3.68. The van der Waals surface area contributed by atoms with E-state index in [1.807, 2.05) is 11.8 Å². The van der Waals surface area contributed by atoms with Gasteiger partial charge in [0.25, 0.3) is 0 Å². The highest BCUT2D eigenvalue weighted by Crippen LogP contribution is 2.28. The van der Waals surface area contributed by atoms with E-state index in [-0.39, 0.29) is 5.41 Å². The van der Waals surface area contributed by atoms with Gasteiger partial charge in [0, 0.05) is 17.9 Å². The van der Waals surface area contributed by atoms with Gasteiger partial charge in [-0.25, -0.2) is 4.98 Å². The highest BCUT2D eigenvalue weighted by Gasteiger charge is 2.22.